The number of aromatic nitrogens is 1. The van der Waals surface area contributed by atoms with Crippen LogP contribution in [0.15, 0.2) is 30.3 Å². The Balaban J connectivity index is 1.74. The number of piperidine rings is 1. The first kappa shape index (κ1) is 17.3. The van der Waals surface area contributed by atoms with Gasteiger partial charge in [-0.3, -0.25) is 0 Å². The molecule has 1 aliphatic rings. The van der Waals surface area contributed by atoms with Crippen molar-refractivity contribution in [2.24, 2.45) is 5.92 Å². The van der Waals surface area contributed by atoms with Crippen LogP contribution in [0.5, 0.6) is 17.4 Å². The van der Waals surface area contributed by atoms with Crippen LogP contribution in [-0.4, -0.2) is 24.7 Å². The Morgan fingerprint density at radius 3 is 2.79 bits per heavy atom. The van der Waals surface area contributed by atoms with Crippen LogP contribution < -0.4 is 14.8 Å². The van der Waals surface area contributed by atoms with Gasteiger partial charge in [-0.05, 0) is 56.6 Å². The van der Waals surface area contributed by atoms with Crippen molar-refractivity contribution in [1.82, 2.24) is 10.3 Å². The number of nitrogens with zero attached hydrogens (tertiary/aromatic N) is 1. The van der Waals surface area contributed by atoms with E-state index in [2.05, 4.69) is 10.3 Å². The van der Waals surface area contributed by atoms with Crippen LogP contribution in [0.25, 0.3) is 0 Å². The van der Waals surface area contributed by atoms with Crippen LogP contribution in [0.1, 0.15) is 18.5 Å². The van der Waals surface area contributed by atoms with E-state index in [0.29, 0.717) is 39.9 Å². The second kappa shape index (κ2) is 8.06. The van der Waals surface area contributed by atoms with Gasteiger partial charge in [-0.15, -0.1) is 0 Å². The molecule has 0 aliphatic carbocycles. The Morgan fingerprint density at radius 2 is 2.04 bits per heavy atom. The van der Waals surface area contributed by atoms with Crippen LogP contribution >= 0.6 is 23.2 Å². The van der Waals surface area contributed by atoms with Crippen LogP contribution in [-0.2, 0) is 0 Å². The lowest BCUT2D eigenvalue weighted by molar-refractivity contribution is 0.211. The zero-order chi connectivity index (χ0) is 16.9. The molecule has 1 unspecified atom stereocenters. The van der Waals surface area contributed by atoms with Crippen molar-refractivity contribution < 1.29 is 9.47 Å². The highest BCUT2D eigenvalue weighted by atomic mass is 35.5. The molecule has 2 aromatic rings. The number of benzene rings is 1. The number of hydrogen-bond donors (Lipinski definition) is 1. The average Bonchev–Trinajstić information content (AvgIpc) is 2.57. The summed E-state index contributed by atoms with van der Waals surface area (Å²) in [5, 5.41) is 4.39. The summed E-state index contributed by atoms with van der Waals surface area (Å²) in [6.45, 7) is 4.62. The number of hydrogen-bond acceptors (Lipinski definition) is 4. The topological polar surface area (TPSA) is 43.4 Å². The molecule has 1 saturated heterocycles. The molecule has 1 fully saturated rings. The maximum atomic E-state index is 6.18. The number of ether oxygens (including phenoxy) is 2. The van der Waals surface area contributed by atoms with Crippen LogP contribution in [0.4, 0.5) is 0 Å². The van der Waals surface area contributed by atoms with Gasteiger partial charge in [0.2, 0.25) is 0 Å². The molecule has 0 spiro atoms. The van der Waals surface area contributed by atoms with E-state index in [1.54, 1.807) is 18.2 Å². The molecule has 24 heavy (non-hydrogen) atoms. The summed E-state index contributed by atoms with van der Waals surface area (Å²) in [6.07, 6.45) is 2.36. The molecule has 4 nitrogen and oxygen atoms in total. The molecule has 0 saturated carbocycles. The zero-order valence-electron chi connectivity index (χ0n) is 13.5. The summed E-state index contributed by atoms with van der Waals surface area (Å²) in [4.78, 5) is 4.44. The highest BCUT2D eigenvalue weighted by Gasteiger charge is 2.16. The minimum atomic E-state index is 0.419. The lowest BCUT2D eigenvalue weighted by Crippen LogP contribution is -2.33. The molecule has 2 heterocycles. The first-order valence-electron chi connectivity index (χ1n) is 8.06. The first-order chi connectivity index (χ1) is 11.6. The van der Waals surface area contributed by atoms with Gasteiger partial charge >= 0.3 is 0 Å². The zero-order valence-corrected chi connectivity index (χ0v) is 15.0. The van der Waals surface area contributed by atoms with Gasteiger partial charge in [0.1, 0.15) is 5.75 Å². The summed E-state index contributed by atoms with van der Waals surface area (Å²) in [7, 11) is 0. The van der Waals surface area contributed by atoms with Gasteiger partial charge in [-0.1, -0.05) is 23.2 Å². The van der Waals surface area contributed by atoms with Gasteiger partial charge in [-0.25, -0.2) is 4.98 Å². The van der Waals surface area contributed by atoms with Gasteiger partial charge < -0.3 is 14.8 Å². The third kappa shape index (κ3) is 4.53. The van der Waals surface area contributed by atoms with Crippen molar-refractivity contribution in [3.63, 3.8) is 0 Å². The first-order valence-corrected chi connectivity index (χ1v) is 8.81. The van der Waals surface area contributed by atoms with Crippen molar-refractivity contribution in [2.75, 3.05) is 19.7 Å². The smallest absolute Gasteiger partial charge is 0.262 e. The monoisotopic (exact) mass is 366 g/mol. The molecule has 1 aromatic carbocycles. The normalized spacial score (nSPS) is 17.5. The van der Waals surface area contributed by atoms with Crippen LogP contribution in [0.2, 0.25) is 10.0 Å². The van der Waals surface area contributed by atoms with E-state index in [9.17, 15) is 0 Å². The Morgan fingerprint density at radius 1 is 1.21 bits per heavy atom. The average molecular weight is 367 g/mol. The Bertz CT molecular complexity index is 703. The molecule has 0 amide bonds. The Hall–Kier alpha value is -1.49. The number of halogens is 2. The molecule has 1 aliphatic heterocycles. The van der Waals surface area contributed by atoms with E-state index in [0.717, 1.165) is 18.8 Å². The maximum absolute atomic E-state index is 6.18. The summed E-state index contributed by atoms with van der Waals surface area (Å²) in [5.74, 6) is 2.05. The standard InChI is InChI=1S/C18H20Cl2N2O2/c1-12-4-6-17(23-11-13-3-2-8-21-10-13)18(22-12)24-16-7-5-14(19)9-15(16)20/h4-7,9,13,21H,2-3,8,10-11H2,1H3. The van der Waals surface area contributed by atoms with Gasteiger partial charge in [0, 0.05) is 23.2 Å². The lowest BCUT2D eigenvalue weighted by atomic mass is 10.0. The Labute approximate surface area is 152 Å². The number of pyridine rings is 1. The van der Waals surface area contributed by atoms with Crippen LogP contribution in [0.3, 0.4) is 0 Å². The fourth-order valence-corrected chi connectivity index (χ4v) is 3.09. The van der Waals surface area contributed by atoms with Gasteiger partial charge in [0.05, 0.1) is 11.6 Å². The van der Waals surface area contributed by atoms with Crippen molar-refractivity contribution in [3.05, 3.63) is 46.1 Å². The number of rotatable bonds is 5. The molecule has 128 valence electrons. The van der Waals surface area contributed by atoms with E-state index in [1.165, 1.54) is 12.8 Å². The molecule has 1 aromatic heterocycles. The van der Waals surface area contributed by atoms with Crippen molar-refractivity contribution in [2.45, 2.75) is 19.8 Å². The maximum Gasteiger partial charge on any atom is 0.262 e. The van der Waals surface area contributed by atoms with Crippen molar-refractivity contribution in [3.8, 4) is 17.4 Å². The minimum Gasteiger partial charge on any atom is -0.488 e. The van der Waals surface area contributed by atoms with Crippen LogP contribution in [0, 0.1) is 12.8 Å². The van der Waals surface area contributed by atoms with Crippen molar-refractivity contribution in [1.29, 1.82) is 0 Å². The van der Waals surface area contributed by atoms with Gasteiger partial charge in [0.25, 0.3) is 5.88 Å². The lowest BCUT2D eigenvalue weighted by Gasteiger charge is -2.23. The third-order valence-corrected chi connectivity index (χ3v) is 4.47. The fourth-order valence-electron chi connectivity index (χ4n) is 2.64. The van der Waals surface area contributed by atoms with Crippen molar-refractivity contribution >= 4 is 23.2 Å². The fraction of sp³-hybridized carbons (Fsp3) is 0.389. The second-order valence-corrected chi connectivity index (χ2v) is 6.80. The third-order valence-electron chi connectivity index (χ3n) is 3.94. The molecular weight excluding hydrogens is 347 g/mol. The minimum absolute atomic E-state index is 0.419. The van der Waals surface area contributed by atoms with E-state index in [4.69, 9.17) is 32.7 Å². The summed E-state index contributed by atoms with van der Waals surface area (Å²) in [5.41, 5.74) is 0.849. The molecular formula is C18H20Cl2N2O2. The molecule has 0 radical (unpaired) electrons. The number of aryl methyl sites for hydroxylation is 1. The van der Waals surface area contributed by atoms with E-state index < -0.39 is 0 Å². The van der Waals surface area contributed by atoms with E-state index in [-0.39, 0.29) is 0 Å². The highest BCUT2D eigenvalue weighted by molar-refractivity contribution is 6.35. The van der Waals surface area contributed by atoms with E-state index in [1.807, 2.05) is 19.1 Å². The molecule has 0 bridgehead atoms. The number of nitrogens with one attached hydrogen (secondary N) is 1. The summed E-state index contributed by atoms with van der Waals surface area (Å²) in [6, 6.07) is 8.89. The molecule has 3 rings (SSSR count). The molecule has 1 atom stereocenters. The quantitative estimate of drug-likeness (QED) is 0.819. The molecule has 1 N–H and O–H groups in total. The predicted octanol–water partition coefficient (Wildman–Crippen LogP) is 4.87. The summed E-state index contributed by atoms with van der Waals surface area (Å²) >= 11 is 12.1. The molecule has 6 heteroatoms. The van der Waals surface area contributed by atoms with Gasteiger partial charge in [0.15, 0.2) is 5.75 Å². The Kier molecular flexibility index (Phi) is 5.82. The van der Waals surface area contributed by atoms with E-state index >= 15 is 0 Å². The predicted molar refractivity (Wildman–Crippen MR) is 96.6 cm³/mol. The largest absolute Gasteiger partial charge is 0.488 e. The van der Waals surface area contributed by atoms with Gasteiger partial charge in [-0.2, -0.15) is 0 Å². The summed E-state index contributed by atoms with van der Waals surface area (Å²) < 4.78 is 11.8. The highest BCUT2D eigenvalue weighted by Crippen LogP contribution is 2.35. The second-order valence-electron chi connectivity index (χ2n) is 5.96. The SMILES string of the molecule is Cc1ccc(OCC2CCCNC2)c(Oc2ccc(Cl)cc2Cl)n1.